The van der Waals surface area contributed by atoms with Crippen molar-refractivity contribution < 1.29 is 28.0 Å². The monoisotopic (exact) mass is 548 g/mol. The third-order valence-electron chi connectivity index (χ3n) is 6.35. The van der Waals surface area contributed by atoms with Gasteiger partial charge in [-0.25, -0.2) is 9.18 Å². The number of anilines is 3. The Morgan fingerprint density at radius 3 is 2.60 bits per heavy atom. The van der Waals surface area contributed by atoms with Gasteiger partial charge in [0, 0.05) is 37.6 Å². The van der Waals surface area contributed by atoms with Crippen molar-refractivity contribution in [1.82, 2.24) is 15.4 Å². The molecule has 3 aromatic carbocycles. The summed E-state index contributed by atoms with van der Waals surface area (Å²) in [6.07, 6.45) is 0. The highest BCUT2D eigenvalue weighted by Gasteiger charge is 2.21. The van der Waals surface area contributed by atoms with E-state index in [9.17, 15) is 14.0 Å². The van der Waals surface area contributed by atoms with E-state index in [0.29, 0.717) is 47.9 Å². The van der Waals surface area contributed by atoms with Gasteiger partial charge in [-0.1, -0.05) is 23.4 Å². The molecule has 0 radical (unpaired) electrons. The van der Waals surface area contributed by atoms with Gasteiger partial charge in [0.15, 0.2) is 11.6 Å². The minimum absolute atomic E-state index is 0.0843. The first kappa shape index (κ1) is 26.9. The maximum atomic E-state index is 13.3. The first-order valence-corrected chi connectivity index (χ1v) is 12.8. The topological polar surface area (TPSA) is 144 Å². The lowest BCUT2D eigenvalue weighted by molar-refractivity contribution is 0.0322. The number of nitrogens with two attached hydrogens (primary N) is 1. The maximum absolute atomic E-state index is 13.3. The van der Waals surface area contributed by atoms with Gasteiger partial charge in [0.2, 0.25) is 5.58 Å². The number of ether oxygens (including phenoxy) is 2. The Morgan fingerprint density at radius 1 is 1.02 bits per heavy atom. The summed E-state index contributed by atoms with van der Waals surface area (Å²) < 4.78 is 30.0. The molecule has 5 N–H and O–H groups in total. The van der Waals surface area contributed by atoms with Crippen LogP contribution in [0.4, 0.5) is 26.4 Å². The molecular weight excluding hydrogens is 519 g/mol. The fourth-order valence-electron chi connectivity index (χ4n) is 4.34. The van der Waals surface area contributed by atoms with Gasteiger partial charge in [-0.05, 0) is 48.0 Å². The second kappa shape index (κ2) is 12.5. The minimum atomic E-state index is -0.488. The lowest BCUT2D eigenvalue weighted by Gasteiger charge is -2.26. The molecule has 11 nitrogen and oxygen atoms in total. The largest absolute Gasteiger partial charge is 0.488 e. The summed E-state index contributed by atoms with van der Waals surface area (Å²) in [7, 11) is 0. The van der Waals surface area contributed by atoms with Crippen molar-refractivity contribution in [2.75, 3.05) is 55.8 Å². The van der Waals surface area contributed by atoms with Gasteiger partial charge >= 0.3 is 6.03 Å². The van der Waals surface area contributed by atoms with Crippen LogP contribution in [0.15, 0.2) is 65.2 Å². The van der Waals surface area contributed by atoms with Gasteiger partial charge in [0.05, 0.1) is 24.2 Å². The van der Waals surface area contributed by atoms with Crippen molar-refractivity contribution in [2.45, 2.75) is 6.54 Å². The molecule has 1 aliphatic rings. The second-order valence-electron chi connectivity index (χ2n) is 9.16. The number of carbonyl (C=O) groups excluding carboxylic acids is 2. The molecule has 40 heavy (non-hydrogen) atoms. The highest BCUT2D eigenvalue weighted by molar-refractivity contribution is 6.15. The highest BCUT2D eigenvalue weighted by Crippen LogP contribution is 2.33. The molecule has 0 atom stereocenters. The molecule has 0 saturated carbocycles. The number of benzene rings is 3. The number of nitrogens with zero attached hydrogens (tertiary/aromatic N) is 2. The molecule has 1 fully saturated rings. The molecule has 1 aliphatic heterocycles. The molecule has 1 aromatic heterocycles. The number of amides is 3. The van der Waals surface area contributed by atoms with Crippen molar-refractivity contribution in [3.8, 4) is 5.75 Å². The first-order chi connectivity index (χ1) is 19.5. The van der Waals surface area contributed by atoms with Crippen LogP contribution in [0.2, 0.25) is 0 Å². The molecule has 208 valence electrons. The number of fused-ring (bicyclic) bond motifs is 1. The number of aromatic nitrogens is 1. The van der Waals surface area contributed by atoms with Crippen LogP contribution in [-0.4, -0.2) is 61.4 Å². The second-order valence-corrected chi connectivity index (χ2v) is 9.16. The third kappa shape index (κ3) is 6.65. The summed E-state index contributed by atoms with van der Waals surface area (Å²) in [4.78, 5) is 27.7. The van der Waals surface area contributed by atoms with Gasteiger partial charge in [-0.3, -0.25) is 9.69 Å². The van der Waals surface area contributed by atoms with E-state index in [0.717, 1.165) is 25.2 Å². The number of nitrogens with one attached hydrogen (secondary N) is 3. The number of rotatable bonds is 9. The van der Waals surface area contributed by atoms with Gasteiger partial charge in [0.25, 0.3) is 5.91 Å². The number of hydrogen-bond donors (Lipinski definition) is 4. The van der Waals surface area contributed by atoms with Crippen LogP contribution < -0.4 is 26.4 Å². The standard InChI is InChI=1S/C28H29FN6O5/c29-19-4-2-6-21(16-19)33-28(37)31-17-18-3-1-5-20(15-18)32-27(36)22-7-8-23(25-24(22)26(30)34-40-25)39-14-11-35-9-12-38-13-10-35/h1-8,15-16H,9-14,17H2,(H2,30,34)(H,32,36)(H2,31,33,37). The van der Waals surface area contributed by atoms with Gasteiger partial charge in [0.1, 0.15) is 12.4 Å². The average Bonchev–Trinajstić information content (AvgIpc) is 3.34. The summed E-state index contributed by atoms with van der Waals surface area (Å²) in [6.45, 7) is 4.47. The van der Waals surface area contributed by atoms with Crippen molar-refractivity contribution in [1.29, 1.82) is 0 Å². The van der Waals surface area contributed by atoms with Crippen LogP contribution >= 0.6 is 0 Å². The zero-order valence-corrected chi connectivity index (χ0v) is 21.6. The molecule has 12 heteroatoms. The van der Waals surface area contributed by atoms with E-state index >= 15 is 0 Å². The normalized spacial score (nSPS) is 13.6. The fourth-order valence-corrected chi connectivity index (χ4v) is 4.34. The SMILES string of the molecule is Nc1noc2c(OCCN3CCOCC3)ccc(C(=O)Nc3cccc(CNC(=O)Nc4cccc(F)c4)c3)c12. The van der Waals surface area contributed by atoms with Crippen LogP contribution in [-0.2, 0) is 11.3 Å². The predicted octanol–water partition coefficient (Wildman–Crippen LogP) is 3.83. The zero-order chi connectivity index (χ0) is 27.9. The molecule has 5 rings (SSSR count). The Kier molecular flexibility index (Phi) is 8.38. The minimum Gasteiger partial charge on any atom is -0.488 e. The van der Waals surface area contributed by atoms with E-state index in [1.807, 2.05) is 0 Å². The van der Waals surface area contributed by atoms with Gasteiger partial charge in [-0.15, -0.1) is 0 Å². The van der Waals surface area contributed by atoms with Crippen molar-refractivity contribution >= 4 is 40.1 Å². The van der Waals surface area contributed by atoms with E-state index in [1.165, 1.54) is 18.2 Å². The molecule has 0 spiro atoms. The third-order valence-corrected chi connectivity index (χ3v) is 6.35. The number of carbonyl (C=O) groups is 2. The average molecular weight is 549 g/mol. The van der Waals surface area contributed by atoms with Crippen molar-refractivity contribution in [2.24, 2.45) is 0 Å². The molecule has 0 bridgehead atoms. The molecule has 0 aliphatic carbocycles. The number of morpholine rings is 1. The molecule has 1 saturated heterocycles. The van der Waals surface area contributed by atoms with Crippen LogP contribution in [0, 0.1) is 5.82 Å². The quantitative estimate of drug-likeness (QED) is 0.247. The van der Waals surface area contributed by atoms with Crippen LogP contribution in [0.1, 0.15) is 15.9 Å². The summed E-state index contributed by atoms with van der Waals surface area (Å²) in [5.41, 5.74) is 8.23. The lowest BCUT2D eigenvalue weighted by atomic mass is 10.1. The molecular formula is C28H29FN6O5. The Hall–Kier alpha value is -4.68. The van der Waals surface area contributed by atoms with E-state index in [-0.39, 0.29) is 17.9 Å². The number of hydrogen-bond acceptors (Lipinski definition) is 8. The lowest BCUT2D eigenvalue weighted by Crippen LogP contribution is -2.38. The Labute approximate surface area is 229 Å². The Morgan fingerprint density at radius 2 is 1.80 bits per heavy atom. The van der Waals surface area contributed by atoms with Crippen LogP contribution in [0.25, 0.3) is 11.0 Å². The molecule has 0 unspecified atom stereocenters. The van der Waals surface area contributed by atoms with E-state index in [2.05, 4.69) is 26.0 Å². The smallest absolute Gasteiger partial charge is 0.319 e. The van der Waals surface area contributed by atoms with E-state index in [1.54, 1.807) is 42.5 Å². The summed E-state index contributed by atoms with van der Waals surface area (Å²) in [5.74, 6) is -0.319. The van der Waals surface area contributed by atoms with Crippen LogP contribution in [0.3, 0.4) is 0 Å². The fraction of sp³-hybridized carbons (Fsp3) is 0.250. The number of nitrogen functional groups attached to an aromatic ring is 1. The van der Waals surface area contributed by atoms with Crippen molar-refractivity contribution in [3.63, 3.8) is 0 Å². The highest BCUT2D eigenvalue weighted by atomic mass is 19.1. The summed E-state index contributed by atoms with van der Waals surface area (Å²) >= 11 is 0. The predicted molar refractivity (Wildman–Crippen MR) is 148 cm³/mol. The molecule has 4 aromatic rings. The number of urea groups is 1. The van der Waals surface area contributed by atoms with E-state index < -0.39 is 17.8 Å². The maximum Gasteiger partial charge on any atom is 0.319 e. The molecule has 2 heterocycles. The molecule has 3 amide bonds. The zero-order valence-electron chi connectivity index (χ0n) is 21.6. The van der Waals surface area contributed by atoms with Crippen LogP contribution in [0.5, 0.6) is 5.75 Å². The Bertz CT molecular complexity index is 1500. The van der Waals surface area contributed by atoms with Gasteiger partial charge in [-0.2, -0.15) is 0 Å². The summed E-state index contributed by atoms with van der Waals surface area (Å²) in [5, 5.41) is 12.3. The van der Waals surface area contributed by atoms with Gasteiger partial charge < -0.3 is 35.7 Å². The van der Waals surface area contributed by atoms with Crippen molar-refractivity contribution in [3.05, 3.63) is 77.6 Å². The summed E-state index contributed by atoms with van der Waals surface area (Å²) in [6, 6.07) is 15.4. The Balaban J connectivity index is 1.21. The van der Waals surface area contributed by atoms with E-state index in [4.69, 9.17) is 19.7 Å². The number of halogens is 1. The first-order valence-electron chi connectivity index (χ1n) is 12.8.